The molecule has 0 fully saturated rings. The third-order valence-electron chi connectivity index (χ3n) is 1.92. The lowest BCUT2D eigenvalue weighted by Gasteiger charge is -1.92. The van der Waals surface area contributed by atoms with E-state index in [9.17, 15) is 0 Å². The van der Waals surface area contributed by atoms with Crippen molar-refractivity contribution >= 4 is 0 Å². The molecule has 0 amide bonds. The first-order valence-electron chi connectivity index (χ1n) is 5.60. The summed E-state index contributed by atoms with van der Waals surface area (Å²) in [5, 5.41) is 0. The summed E-state index contributed by atoms with van der Waals surface area (Å²) in [4.78, 5) is 0. The molecule has 0 aromatic carbocycles. The Bertz CT molecular complexity index is 178. The van der Waals surface area contributed by atoms with Gasteiger partial charge in [0.2, 0.25) is 0 Å². The second-order valence-corrected chi connectivity index (χ2v) is 3.29. The molecule has 0 aliphatic heterocycles. The van der Waals surface area contributed by atoms with E-state index >= 15 is 0 Å². The first-order valence-corrected chi connectivity index (χ1v) is 5.60. The van der Waals surface area contributed by atoms with Crippen molar-refractivity contribution in [2.45, 2.75) is 39.0 Å². The molecule has 0 spiro atoms. The molecule has 1 heteroatoms. The second-order valence-electron chi connectivity index (χ2n) is 3.29. The Labute approximate surface area is 88.4 Å². The fourth-order valence-corrected chi connectivity index (χ4v) is 1.10. The van der Waals surface area contributed by atoms with Gasteiger partial charge >= 0.3 is 0 Å². The monoisotopic (exact) mass is 193 g/mol. The lowest BCUT2D eigenvalue weighted by molar-refractivity contribution is 0.695. The summed E-state index contributed by atoms with van der Waals surface area (Å²) in [6, 6.07) is 0. The van der Waals surface area contributed by atoms with Gasteiger partial charge < -0.3 is 5.73 Å². The van der Waals surface area contributed by atoms with E-state index in [1.165, 1.54) is 19.3 Å². The Hall–Kier alpha value is -0.820. The van der Waals surface area contributed by atoms with Crippen LogP contribution < -0.4 is 5.73 Å². The minimum Gasteiger partial charge on any atom is -0.330 e. The fourth-order valence-electron chi connectivity index (χ4n) is 1.10. The highest BCUT2D eigenvalue weighted by atomic mass is 14.5. The van der Waals surface area contributed by atoms with E-state index < -0.39 is 0 Å². The van der Waals surface area contributed by atoms with Crippen LogP contribution in [0.2, 0.25) is 0 Å². The Balaban J connectivity index is 3.26. The van der Waals surface area contributed by atoms with Crippen LogP contribution >= 0.6 is 0 Å². The van der Waals surface area contributed by atoms with Gasteiger partial charge in [-0.1, -0.05) is 49.8 Å². The second kappa shape index (κ2) is 12.2. The van der Waals surface area contributed by atoms with Gasteiger partial charge in [0.25, 0.3) is 0 Å². The SMILES string of the molecule is CC/C=C/C=C/C=C/CCCCCN. The molecule has 0 saturated heterocycles. The maximum absolute atomic E-state index is 5.40. The van der Waals surface area contributed by atoms with E-state index in [1.54, 1.807) is 0 Å². The van der Waals surface area contributed by atoms with E-state index in [1.807, 2.05) is 0 Å². The average Bonchev–Trinajstić information content (AvgIpc) is 2.21. The van der Waals surface area contributed by atoms with Crippen LogP contribution in [0.4, 0.5) is 0 Å². The molecule has 0 radical (unpaired) electrons. The number of hydrogen-bond acceptors (Lipinski definition) is 1. The molecule has 0 aliphatic carbocycles. The molecule has 80 valence electrons. The fraction of sp³-hybridized carbons (Fsp3) is 0.538. The lowest BCUT2D eigenvalue weighted by Crippen LogP contribution is -1.97. The van der Waals surface area contributed by atoms with Crippen LogP contribution in [0.25, 0.3) is 0 Å². The van der Waals surface area contributed by atoms with Crippen LogP contribution in [-0.2, 0) is 0 Å². The van der Waals surface area contributed by atoms with E-state index in [0.29, 0.717) is 0 Å². The number of hydrogen-bond donors (Lipinski definition) is 1. The molecule has 0 atom stereocenters. The van der Waals surface area contributed by atoms with Gasteiger partial charge in [0.05, 0.1) is 0 Å². The molecular weight excluding hydrogens is 170 g/mol. The molecule has 14 heavy (non-hydrogen) atoms. The first-order chi connectivity index (χ1) is 6.91. The van der Waals surface area contributed by atoms with Gasteiger partial charge in [-0.25, -0.2) is 0 Å². The third kappa shape index (κ3) is 11.2. The Morgan fingerprint density at radius 3 is 2.21 bits per heavy atom. The van der Waals surface area contributed by atoms with E-state index in [0.717, 1.165) is 19.4 Å². The molecule has 0 unspecified atom stereocenters. The van der Waals surface area contributed by atoms with Crippen LogP contribution in [0.1, 0.15) is 39.0 Å². The highest BCUT2D eigenvalue weighted by Gasteiger charge is 1.82. The van der Waals surface area contributed by atoms with Crippen molar-refractivity contribution in [3.05, 3.63) is 36.5 Å². The lowest BCUT2D eigenvalue weighted by atomic mass is 10.2. The van der Waals surface area contributed by atoms with Crippen molar-refractivity contribution in [1.29, 1.82) is 0 Å². The van der Waals surface area contributed by atoms with Gasteiger partial charge in [-0.15, -0.1) is 0 Å². The van der Waals surface area contributed by atoms with Crippen molar-refractivity contribution < 1.29 is 0 Å². The highest BCUT2D eigenvalue weighted by Crippen LogP contribution is 1.99. The van der Waals surface area contributed by atoms with E-state index in [2.05, 4.69) is 43.4 Å². The van der Waals surface area contributed by atoms with Crippen LogP contribution in [-0.4, -0.2) is 6.54 Å². The topological polar surface area (TPSA) is 26.0 Å². The van der Waals surface area contributed by atoms with Gasteiger partial charge in [-0.2, -0.15) is 0 Å². The van der Waals surface area contributed by atoms with Crippen LogP contribution in [0.5, 0.6) is 0 Å². The van der Waals surface area contributed by atoms with Gasteiger partial charge in [-0.3, -0.25) is 0 Å². The predicted molar refractivity (Wildman–Crippen MR) is 65.2 cm³/mol. The summed E-state index contributed by atoms with van der Waals surface area (Å²) in [6.07, 6.45) is 18.6. The summed E-state index contributed by atoms with van der Waals surface area (Å²) >= 11 is 0. The maximum atomic E-state index is 5.40. The molecule has 0 bridgehead atoms. The van der Waals surface area contributed by atoms with Gasteiger partial charge in [-0.05, 0) is 32.2 Å². The normalized spacial score (nSPS) is 12.4. The molecule has 0 aliphatic rings. The molecule has 2 N–H and O–H groups in total. The highest BCUT2D eigenvalue weighted by molar-refractivity contribution is 5.10. The number of allylic oxidation sites excluding steroid dienone is 6. The molecular formula is C13H23N. The summed E-state index contributed by atoms with van der Waals surface area (Å²) < 4.78 is 0. The maximum Gasteiger partial charge on any atom is -0.00773 e. The molecule has 0 saturated carbocycles. The molecule has 0 heterocycles. The summed E-state index contributed by atoms with van der Waals surface area (Å²) in [6.45, 7) is 2.96. The zero-order chi connectivity index (χ0) is 10.5. The Morgan fingerprint density at radius 2 is 1.57 bits per heavy atom. The number of nitrogens with two attached hydrogens (primary N) is 1. The zero-order valence-electron chi connectivity index (χ0n) is 9.28. The van der Waals surface area contributed by atoms with E-state index in [-0.39, 0.29) is 0 Å². The largest absolute Gasteiger partial charge is 0.330 e. The Kier molecular flexibility index (Phi) is 11.5. The van der Waals surface area contributed by atoms with Crippen molar-refractivity contribution in [1.82, 2.24) is 0 Å². The number of rotatable bonds is 8. The van der Waals surface area contributed by atoms with Crippen molar-refractivity contribution in [2.75, 3.05) is 6.54 Å². The summed E-state index contributed by atoms with van der Waals surface area (Å²) in [5.41, 5.74) is 5.40. The van der Waals surface area contributed by atoms with Crippen LogP contribution in [0.15, 0.2) is 36.5 Å². The molecule has 0 rings (SSSR count). The van der Waals surface area contributed by atoms with Crippen LogP contribution in [0, 0.1) is 0 Å². The first kappa shape index (κ1) is 13.2. The summed E-state index contributed by atoms with van der Waals surface area (Å²) in [5.74, 6) is 0. The standard InChI is InChI=1S/C13H23N/c1-2-3-4-5-6-7-8-9-10-11-12-13-14/h3-8H,2,9-14H2,1H3/b4-3+,6-5+,8-7+. The molecule has 1 nitrogen and oxygen atoms in total. The summed E-state index contributed by atoms with van der Waals surface area (Å²) in [7, 11) is 0. The predicted octanol–water partition coefficient (Wildman–Crippen LogP) is 3.58. The smallest absolute Gasteiger partial charge is 0.00773 e. The van der Waals surface area contributed by atoms with Gasteiger partial charge in [0, 0.05) is 0 Å². The third-order valence-corrected chi connectivity index (χ3v) is 1.92. The quantitative estimate of drug-likeness (QED) is 0.463. The average molecular weight is 193 g/mol. The van der Waals surface area contributed by atoms with Crippen molar-refractivity contribution in [2.24, 2.45) is 5.73 Å². The number of unbranched alkanes of at least 4 members (excludes halogenated alkanes) is 3. The van der Waals surface area contributed by atoms with Gasteiger partial charge in [0.15, 0.2) is 0 Å². The van der Waals surface area contributed by atoms with Gasteiger partial charge in [0.1, 0.15) is 0 Å². The molecule has 0 aromatic rings. The minimum absolute atomic E-state index is 0.825. The van der Waals surface area contributed by atoms with Crippen molar-refractivity contribution in [3.8, 4) is 0 Å². The zero-order valence-corrected chi connectivity index (χ0v) is 9.28. The Morgan fingerprint density at radius 1 is 0.857 bits per heavy atom. The molecule has 0 aromatic heterocycles. The van der Waals surface area contributed by atoms with Crippen LogP contribution in [0.3, 0.4) is 0 Å². The van der Waals surface area contributed by atoms with Crippen molar-refractivity contribution in [3.63, 3.8) is 0 Å². The minimum atomic E-state index is 0.825. The van der Waals surface area contributed by atoms with E-state index in [4.69, 9.17) is 5.73 Å².